The van der Waals surface area contributed by atoms with Gasteiger partial charge in [-0.25, -0.2) is 0 Å². The molecule has 0 saturated heterocycles. The lowest BCUT2D eigenvalue weighted by Crippen LogP contribution is -2.21. The summed E-state index contributed by atoms with van der Waals surface area (Å²) < 4.78 is 28.2. The predicted molar refractivity (Wildman–Crippen MR) is 104 cm³/mol. The summed E-state index contributed by atoms with van der Waals surface area (Å²) in [5.41, 5.74) is 2.95. The summed E-state index contributed by atoms with van der Waals surface area (Å²) in [6.45, 7) is 6.40. The van der Waals surface area contributed by atoms with E-state index in [0.717, 1.165) is 34.6 Å². The van der Waals surface area contributed by atoms with Crippen LogP contribution < -0.4 is 18.9 Å². The molecule has 2 aliphatic rings. The Kier molecular flexibility index (Phi) is 4.54. The molecule has 150 valence electrons. The van der Waals surface area contributed by atoms with Gasteiger partial charge in [0.05, 0.1) is 25.9 Å². The highest BCUT2D eigenvalue weighted by atomic mass is 16.7. The standard InChI is InChI=1S/C22H26O6/c1-22(2,3)28-16-8-13(12-6-19(24-4)21(23)20(7-12)25-5)14-9-17-18(10-15(14)16)27-11-26-17/h6-7,9-10,13,16,23H,8,11H2,1-5H3/t13-,16+/m1/s1. The van der Waals surface area contributed by atoms with E-state index in [-0.39, 0.29) is 30.2 Å². The monoisotopic (exact) mass is 386 g/mol. The molecule has 28 heavy (non-hydrogen) atoms. The van der Waals surface area contributed by atoms with Crippen LogP contribution in [0, 0.1) is 0 Å². The Morgan fingerprint density at radius 3 is 2.04 bits per heavy atom. The van der Waals surface area contributed by atoms with Crippen LogP contribution in [0.15, 0.2) is 24.3 Å². The Morgan fingerprint density at radius 2 is 1.50 bits per heavy atom. The van der Waals surface area contributed by atoms with Gasteiger partial charge in [0.1, 0.15) is 0 Å². The molecular weight excluding hydrogens is 360 g/mol. The van der Waals surface area contributed by atoms with Crippen molar-refractivity contribution < 1.29 is 28.8 Å². The zero-order chi connectivity index (χ0) is 20.1. The number of methoxy groups -OCH3 is 2. The van der Waals surface area contributed by atoms with Gasteiger partial charge in [-0.3, -0.25) is 0 Å². The quantitative estimate of drug-likeness (QED) is 0.833. The maximum Gasteiger partial charge on any atom is 0.231 e. The summed E-state index contributed by atoms with van der Waals surface area (Å²) >= 11 is 0. The van der Waals surface area contributed by atoms with E-state index >= 15 is 0 Å². The molecule has 0 bridgehead atoms. The lowest BCUT2D eigenvalue weighted by Gasteiger charge is -2.25. The Labute approximate surface area is 164 Å². The average molecular weight is 386 g/mol. The number of hydrogen-bond donors (Lipinski definition) is 1. The Bertz CT molecular complexity index is 874. The van der Waals surface area contributed by atoms with Crippen molar-refractivity contribution in [2.75, 3.05) is 21.0 Å². The molecule has 0 saturated carbocycles. The van der Waals surface area contributed by atoms with Crippen LogP contribution in [0.5, 0.6) is 28.7 Å². The second-order valence-electron chi connectivity index (χ2n) is 8.12. The largest absolute Gasteiger partial charge is 0.502 e. The molecule has 2 aromatic carbocycles. The highest BCUT2D eigenvalue weighted by Gasteiger charge is 2.37. The second-order valence-corrected chi connectivity index (χ2v) is 8.12. The molecule has 2 aromatic rings. The first-order valence-electron chi connectivity index (χ1n) is 9.37. The van der Waals surface area contributed by atoms with Crippen LogP contribution in [-0.4, -0.2) is 31.7 Å². The molecule has 0 amide bonds. The van der Waals surface area contributed by atoms with Crippen LogP contribution in [0.4, 0.5) is 0 Å². The summed E-state index contributed by atoms with van der Waals surface area (Å²) in [4.78, 5) is 0. The third-order valence-corrected chi connectivity index (χ3v) is 5.15. The van der Waals surface area contributed by atoms with Crippen LogP contribution in [-0.2, 0) is 4.74 Å². The summed E-state index contributed by atoms with van der Waals surface area (Å²) in [7, 11) is 3.06. The van der Waals surface area contributed by atoms with Crippen molar-refractivity contribution in [2.45, 2.75) is 44.8 Å². The van der Waals surface area contributed by atoms with E-state index in [1.165, 1.54) is 14.2 Å². The lowest BCUT2D eigenvalue weighted by molar-refractivity contribution is -0.0616. The van der Waals surface area contributed by atoms with Gasteiger partial charge in [-0.05, 0) is 68.1 Å². The number of phenolic OH excluding ortho intramolecular Hbond substituents is 1. The maximum atomic E-state index is 10.3. The minimum atomic E-state index is -0.280. The summed E-state index contributed by atoms with van der Waals surface area (Å²) in [5.74, 6) is 2.33. The third kappa shape index (κ3) is 3.22. The first-order chi connectivity index (χ1) is 13.3. The Morgan fingerprint density at radius 1 is 0.929 bits per heavy atom. The van der Waals surface area contributed by atoms with Crippen molar-refractivity contribution in [3.05, 3.63) is 41.0 Å². The molecule has 6 heteroatoms. The number of aromatic hydroxyl groups is 1. The van der Waals surface area contributed by atoms with E-state index in [1.807, 2.05) is 24.3 Å². The van der Waals surface area contributed by atoms with Gasteiger partial charge >= 0.3 is 0 Å². The van der Waals surface area contributed by atoms with E-state index in [1.54, 1.807) is 0 Å². The van der Waals surface area contributed by atoms with Gasteiger partial charge in [-0.1, -0.05) is 0 Å². The van der Waals surface area contributed by atoms with E-state index in [0.29, 0.717) is 11.5 Å². The Hall–Kier alpha value is -2.60. The molecule has 1 heterocycles. The van der Waals surface area contributed by atoms with Crippen LogP contribution in [0.2, 0.25) is 0 Å². The average Bonchev–Trinajstić information content (AvgIpc) is 3.23. The number of hydrogen-bond acceptors (Lipinski definition) is 6. The van der Waals surface area contributed by atoms with E-state index < -0.39 is 0 Å². The number of rotatable bonds is 4. The zero-order valence-electron chi connectivity index (χ0n) is 16.9. The van der Waals surface area contributed by atoms with Crippen molar-refractivity contribution in [3.8, 4) is 28.7 Å². The minimum absolute atomic E-state index is 0.000138. The van der Waals surface area contributed by atoms with Gasteiger partial charge in [0.25, 0.3) is 0 Å². The van der Waals surface area contributed by atoms with Gasteiger partial charge in [0.2, 0.25) is 12.5 Å². The smallest absolute Gasteiger partial charge is 0.231 e. The van der Waals surface area contributed by atoms with Gasteiger partial charge in [-0.15, -0.1) is 0 Å². The molecular formula is C22H26O6. The van der Waals surface area contributed by atoms with Crippen molar-refractivity contribution in [1.82, 2.24) is 0 Å². The first-order valence-corrected chi connectivity index (χ1v) is 9.37. The molecule has 2 atom stereocenters. The van der Waals surface area contributed by atoms with Gasteiger partial charge in [-0.2, -0.15) is 0 Å². The highest BCUT2D eigenvalue weighted by Crippen LogP contribution is 2.53. The lowest BCUT2D eigenvalue weighted by atomic mass is 9.92. The fraction of sp³-hybridized carbons (Fsp3) is 0.455. The topological polar surface area (TPSA) is 66.4 Å². The molecule has 0 fully saturated rings. The first kappa shape index (κ1) is 18.7. The Balaban J connectivity index is 1.81. The fourth-order valence-electron chi connectivity index (χ4n) is 3.99. The van der Waals surface area contributed by atoms with Gasteiger partial charge < -0.3 is 28.8 Å². The molecule has 6 nitrogen and oxygen atoms in total. The molecule has 1 N–H and O–H groups in total. The van der Waals surface area contributed by atoms with E-state index in [9.17, 15) is 5.11 Å². The van der Waals surface area contributed by atoms with Gasteiger partial charge in [0, 0.05) is 5.92 Å². The molecule has 0 spiro atoms. The number of fused-ring (bicyclic) bond motifs is 2. The van der Waals surface area contributed by atoms with Gasteiger partial charge in [0.15, 0.2) is 23.0 Å². The van der Waals surface area contributed by atoms with Crippen molar-refractivity contribution in [2.24, 2.45) is 0 Å². The third-order valence-electron chi connectivity index (χ3n) is 5.15. The van der Waals surface area contributed by atoms with Crippen molar-refractivity contribution in [1.29, 1.82) is 0 Å². The molecule has 0 radical (unpaired) electrons. The SMILES string of the molecule is COc1cc([C@H]2C[C@H](OC(C)(C)C)c3cc4c(cc32)OCO4)cc(OC)c1O. The zero-order valence-corrected chi connectivity index (χ0v) is 16.9. The molecule has 0 aromatic heterocycles. The molecule has 4 rings (SSSR count). The van der Waals surface area contributed by atoms with Crippen molar-refractivity contribution in [3.63, 3.8) is 0 Å². The molecule has 1 aliphatic heterocycles. The number of ether oxygens (including phenoxy) is 5. The normalized spacial score (nSPS) is 20.2. The van der Waals surface area contributed by atoms with E-state index in [4.69, 9.17) is 23.7 Å². The number of benzene rings is 2. The number of phenols is 1. The van der Waals surface area contributed by atoms with Crippen molar-refractivity contribution >= 4 is 0 Å². The van der Waals surface area contributed by atoms with Crippen LogP contribution in [0.1, 0.15) is 55.9 Å². The summed E-state index contributed by atoms with van der Waals surface area (Å²) in [6, 6.07) is 7.79. The summed E-state index contributed by atoms with van der Waals surface area (Å²) in [6.07, 6.45) is 0.701. The molecule has 0 unspecified atom stereocenters. The highest BCUT2D eigenvalue weighted by molar-refractivity contribution is 5.59. The maximum absolute atomic E-state index is 10.3. The predicted octanol–water partition coefficient (Wildman–Crippen LogP) is 4.53. The second kappa shape index (κ2) is 6.78. The minimum Gasteiger partial charge on any atom is -0.502 e. The van der Waals surface area contributed by atoms with Crippen LogP contribution in [0.3, 0.4) is 0 Å². The summed E-state index contributed by atoms with van der Waals surface area (Å²) in [5, 5.41) is 10.3. The molecule has 1 aliphatic carbocycles. The fourth-order valence-corrected chi connectivity index (χ4v) is 3.99. The van der Waals surface area contributed by atoms with E-state index in [2.05, 4.69) is 20.8 Å². The van der Waals surface area contributed by atoms with Crippen LogP contribution in [0.25, 0.3) is 0 Å². The van der Waals surface area contributed by atoms with Crippen LogP contribution >= 0.6 is 0 Å².